The number of carbonyl (C=O) groups is 1. The van der Waals surface area contributed by atoms with Crippen molar-refractivity contribution < 1.29 is 23.1 Å². The topological polar surface area (TPSA) is 75.0 Å². The maximum atomic E-state index is 11.9. The molecular formula is C16H25BrO6Si. The van der Waals surface area contributed by atoms with Crippen LogP contribution in [0.25, 0.3) is 0 Å². The number of hydrogen-bond donors (Lipinski definition) is 0. The molecule has 0 amide bonds. The summed E-state index contributed by atoms with van der Waals surface area (Å²) in [6.45, 7) is 11.8. The fraction of sp³-hybridized carbons (Fsp3) is 0.625. The quantitative estimate of drug-likeness (QED) is 0.377. The van der Waals surface area contributed by atoms with Crippen molar-refractivity contribution in [2.75, 3.05) is 20.3 Å². The van der Waals surface area contributed by atoms with Crippen LogP contribution in [0.2, 0.25) is 18.1 Å². The van der Waals surface area contributed by atoms with Gasteiger partial charge in [-0.2, -0.15) is 0 Å². The molecular weight excluding hydrogens is 396 g/mol. The molecule has 0 aliphatic carbocycles. The molecule has 1 aromatic heterocycles. The second-order valence-corrected chi connectivity index (χ2v) is 12.5. The first-order valence-corrected chi connectivity index (χ1v) is 11.4. The van der Waals surface area contributed by atoms with E-state index in [9.17, 15) is 9.59 Å². The van der Waals surface area contributed by atoms with Crippen molar-refractivity contribution in [3.8, 4) is 5.75 Å². The smallest absolute Gasteiger partial charge is 0.380 e. The second-order valence-electron chi connectivity index (χ2n) is 6.88. The summed E-state index contributed by atoms with van der Waals surface area (Å²) in [6, 6.07) is 1.36. The van der Waals surface area contributed by atoms with Crippen LogP contribution < -0.4 is 10.4 Å². The van der Waals surface area contributed by atoms with Gasteiger partial charge in [0.2, 0.25) is 11.5 Å². The van der Waals surface area contributed by atoms with Crippen LogP contribution in [0.3, 0.4) is 0 Å². The molecule has 8 heteroatoms. The summed E-state index contributed by atoms with van der Waals surface area (Å²) in [4.78, 5) is 23.3. The van der Waals surface area contributed by atoms with Crippen molar-refractivity contribution in [3.05, 3.63) is 26.7 Å². The number of carbonyl (C=O) groups excluding carboxylic acids is 1. The molecule has 6 nitrogen and oxygen atoms in total. The van der Waals surface area contributed by atoms with Crippen molar-refractivity contribution in [1.82, 2.24) is 0 Å². The van der Waals surface area contributed by atoms with E-state index in [1.165, 1.54) is 13.2 Å². The molecule has 0 aromatic carbocycles. The largest absolute Gasteiger partial charge is 0.486 e. The molecule has 136 valence electrons. The van der Waals surface area contributed by atoms with E-state index in [0.29, 0.717) is 24.1 Å². The molecule has 0 radical (unpaired) electrons. The van der Waals surface area contributed by atoms with E-state index in [2.05, 4.69) is 54.5 Å². The first kappa shape index (κ1) is 20.9. The maximum Gasteiger partial charge on any atom is 0.380 e. The Bertz CT molecular complexity index is 632. The van der Waals surface area contributed by atoms with Gasteiger partial charge in [-0.05, 0) is 34.1 Å². The van der Waals surface area contributed by atoms with E-state index in [1.807, 2.05) is 0 Å². The number of hydrogen-bond acceptors (Lipinski definition) is 6. The summed E-state index contributed by atoms with van der Waals surface area (Å²) < 4.78 is 21.3. The van der Waals surface area contributed by atoms with Crippen molar-refractivity contribution >= 4 is 30.2 Å². The van der Waals surface area contributed by atoms with Gasteiger partial charge in [-0.15, -0.1) is 0 Å². The zero-order valence-electron chi connectivity index (χ0n) is 15.0. The normalized spacial score (nSPS) is 12.1. The van der Waals surface area contributed by atoms with Crippen LogP contribution in [0.4, 0.5) is 0 Å². The summed E-state index contributed by atoms with van der Waals surface area (Å²) >= 11 is 3.21. The van der Waals surface area contributed by atoms with Crippen molar-refractivity contribution in [3.63, 3.8) is 0 Å². The first-order valence-electron chi connectivity index (χ1n) is 7.68. The molecule has 0 aliphatic heterocycles. The number of esters is 1. The minimum Gasteiger partial charge on any atom is -0.486 e. The Hall–Kier alpha value is -1.12. The molecule has 1 aromatic rings. The van der Waals surface area contributed by atoms with Crippen LogP contribution in [0.1, 0.15) is 37.7 Å². The summed E-state index contributed by atoms with van der Waals surface area (Å²) in [5.74, 6) is -0.861. The number of ether oxygens (including phenoxy) is 2. The molecule has 0 unspecified atom stereocenters. The molecule has 0 saturated carbocycles. The Labute approximate surface area is 151 Å². The second kappa shape index (κ2) is 8.31. The van der Waals surface area contributed by atoms with Gasteiger partial charge in [0, 0.05) is 19.1 Å². The minimum atomic E-state index is -1.78. The van der Waals surface area contributed by atoms with Crippen LogP contribution >= 0.6 is 15.9 Å². The van der Waals surface area contributed by atoms with Gasteiger partial charge in [0.1, 0.15) is 0 Å². The number of rotatable bonds is 7. The van der Waals surface area contributed by atoms with Crippen LogP contribution in [-0.4, -0.2) is 34.6 Å². The predicted octanol–water partition coefficient (Wildman–Crippen LogP) is 3.98. The summed E-state index contributed by atoms with van der Waals surface area (Å²) in [5, 5.41) is 0.154. The van der Waals surface area contributed by atoms with Gasteiger partial charge in [-0.3, -0.25) is 0 Å². The van der Waals surface area contributed by atoms with E-state index in [4.69, 9.17) is 13.6 Å². The predicted molar refractivity (Wildman–Crippen MR) is 97.3 cm³/mol. The number of methoxy groups -OCH3 is 1. The minimum absolute atomic E-state index is 0.0370. The highest BCUT2D eigenvalue weighted by atomic mass is 79.9. The number of halogens is 1. The average Bonchev–Trinajstić information content (AvgIpc) is 2.46. The third-order valence-electron chi connectivity index (χ3n) is 4.05. The van der Waals surface area contributed by atoms with Gasteiger partial charge in [0.05, 0.1) is 18.2 Å². The molecule has 0 bridgehead atoms. The van der Waals surface area contributed by atoms with Crippen molar-refractivity contribution in [1.29, 1.82) is 0 Å². The Morgan fingerprint density at radius 3 is 2.42 bits per heavy atom. The van der Waals surface area contributed by atoms with E-state index in [1.54, 1.807) is 0 Å². The maximum absolute atomic E-state index is 11.9. The third-order valence-corrected chi connectivity index (χ3v) is 9.18. The molecule has 1 rings (SSSR count). The molecule has 24 heavy (non-hydrogen) atoms. The Balaban J connectivity index is 2.58. The van der Waals surface area contributed by atoms with Gasteiger partial charge in [-0.25, -0.2) is 9.59 Å². The molecule has 1 heterocycles. The highest BCUT2D eigenvalue weighted by molar-refractivity contribution is 9.10. The van der Waals surface area contributed by atoms with Gasteiger partial charge < -0.3 is 18.3 Å². The monoisotopic (exact) mass is 420 g/mol. The van der Waals surface area contributed by atoms with Gasteiger partial charge >= 0.3 is 11.6 Å². The standard InChI is InChI=1S/C16H25BrO6Si/c1-16(2,3)24(5,6)22-9-7-8-21-13-11(17)10-12(14(18)20-4)23-15(13)19/h10H,7-9H2,1-6H3. The summed E-state index contributed by atoms with van der Waals surface area (Å²) in [5.41, 5.74) is -0.727. The lowest BCUT2D eigenvalue weighted by atomic mass is 10.2. The van der Waals surface area contributed by atoms with E-state index >= 15 is 0 Å². The molecule has 0 N–H and O–H groups in total. The molecule has 0 fully saturated rings. The van der Waals surface area contributed by atoms with Crippen molar-refractivity contribution in [2.45, 2.75) is 45.3 Å². The van der Waals surface area contributed by atoms with Gasteiger partial charge in [0.15, 0.2) is 8.32 Å². The SMILES string of the molecule is COC(=O)c1cc(Br)c(OCCCO[Si](C)(C)C(C)(C)C)c(=O)o1. The fourth-order valence-corrected chi connectivity index (χ4v) is 3.13. The van der Waals surface area contributed by atoms with Gasteiger partial charge in [0.25, 0.3) is 0 Å². The summed E-state index contributed by atoms with van der Waals surface area (Å²) in [7, 11) is -0.565. The van der Waals surface area contributed by atoms with Crippen LogP contribution in [-0.2, 0) is 9.16 Å². The molecule has 0 atom stereocenters. The Morgan fingerprint density at radius 1 is 1.29 bits per heavy atom. The molecule has 0 saturated heterocycles. The summed E-state index contributed by atoms with van der Waals surface area (Å²) in [6.07, 6.45) is 0.650. The molecule has 0 aliphatic rings. The zero-order valence-corrected chi connectivity index (χ0v) is 17.6. The average molecular weight is 421 g/mol. The zero-order chi connectivity index (χ0) is 18.5. The lowest BCUT2D eigenvalue weighted by Crippen LogP contribution is -2.41. The Kier molecular flexibility index (Phi) is 7.24. The lowest BCUT2D eigenvalue weighted by Gasteiger charge is -2.36. The van der Waals surface area contributed by atoms with E-state index in [-0.39, 0.29) is 16.5 Å². The lowest BCUT2D eigenvalue weighted by molar-refractivity contribution is 0.0558. The Morgan fingerprint density at radius 2 is 1.92 bits per heavy atom. The molecule has 0 spiro atoms. The first-order chi connectivity index (χ1) is 11.0. The van der Waals surface area contributed by atoms with E-state index < -0.39 is 19.9 Å². The highest BCUT2D eigenvalue weighted by Crippen LogP contribution is 2.36. The van der Waals surface area contributed by atoms with Crippen molar-refractivity contribution in [2.24, 2.45) is 0 Å². The van der Waals surface area contributed by atoms with Gasteiger partial charge in [-0.1, -0.05) is 20.8 Å². The van der Waals surface area contributed by atoms with Crippen LogP contribution in [0.5, 0.6) is 5.75 Å². The van der Waals surface area contributed by atoms with Crippen LogP contribution in [0, 0.1) is 0 Å². The van der Waals surface area contributed by atoms with Crippen LogP contribution in [0.15, 0.2) is 19.8 Å². The fourth-order valence-electron chi connectivity index (χ4n) is 1.56. The third kappa shape index (κ3) is 5.46. The highest BCUT2D eigenvalue weighted by Gasteiger charge is 2.36. The van der Waals surface area contributed by atoms with E-state index in [0.717, 1.165) is 0 Å².